The highest BCUT2D eigenvalue weighted by atomic mass is 19.1. The number of nitrogens with zero attached hydrogens (tertiary/aromatic N) is 3. The van der Waals surface area contributed by atoms with Gasteiger partial charge in [0.15, 0.2) is 12.6 Å². The van der Waals surface area contributed by atoms with Crippen molar-refractivity contribution in [2.75, 3.05) is 13.7 Å². The third kappa shape index (κ3) is 2.79. The van der Waals surface area contributed by atoms with Crippen molar-refractivity contribution in [1.29, 1.82) is 0 Å². The molecule has 2 fully saturated rings. The second-order valence-electron chi connectivity index (χ2n) is 5.10. The highest BCUT2D eigenvalue weighted by Gasteiger charge is 2.50. The van der Waals surface area contributed by atoms with E-state index < -0.39 is 37.0 Å². The summed E-state index contributed by atoms with van der Waals surface area (Å²) in [4.78, 5) is 2.66. The molecule has 0 radical (unpaired) electrons. The van der Waals surface area contributed by atoms with Gasteiger partial charge in [-0.3, -0.25) is 0 Å². The fourth-order valence-corrected chi connectivity index (χ4v) is 2.70. The smallest absolute Gasteiger partial charge is 0.184 e. The lowest BCUT2D eigenvalue weighted by Gasteiger charge is -2.45. The van der Waals surface area contributed by atoms with Gasteiger partial charge >= 0.3 is 0 Å². The summed E-state index contributed by atoms with van der Waals surface area (Å²) in [6.45, 7) is 0.174. The van der Waals surface area contributed by atoms with Crippen LogP contribution in [0, 0.1) is 0 Å². The summed E-state index contributed by atoms with van der Waals surface area (Å²) in [6.07, 6.45) is -4.64. The van der Waals surface area contributed by atoms with Crippen molar-refractivity contribution in [2.45, 2.75) is 37.0 Å². The van der Waals surface area contributed by atoms with Crippen LogP contribution in [0.25, 0.3) is 10.4 Å². The average Bonchev–Trinajstić information content (AvgIpc) is 2.58. The first-order chi connectivity index (χ1) is 10.7. The van der Waals surface area contributed by atoms with Crippen LogP contribution in [0.2, 0.25) is 0 Å². The number of methoxy groups -OCH3 is 1. The molecule has 0 aromatic heterocycles. The van der Waals surface area contributed by atoms with Crippen molar-refractivity contribution in [3.05, 3.63) is 46.3 Å². The second-order valence-corrected chi connectivity index (χ2v) is 5.10. The maximum Gasteiger partial charge on any atom is 0.184 e. The Hall–Kier alpha value is -1.70. The lowest BCUT2D eigenvalue weighted by Crippen LogP contribution is -2.59. The van der Waals surface area contributed by atoms with E-state index in [-0.39, 0.29) is 6.61 Å². The Morgan fingerprint density at radius 2 is 2.09 bits per heavy atom. The predicted octanol–water partition coefficient (Wildman–Crippen LogP) is 2.49. The molecule has 2 saturated heterocycles. The van der Waals surface area contributed by atoms with E-state index in [0.29, 0.717) is 0 Å². The van der Waals surface area contributed by atoms with Crippen LogP contribution in [0.3, 0.4) is 0 Å². The van der Waals surface area contributed by atoms with E-state index in [4.69, 9.17) is 24.5 Å². The average molecular weight is 309 g/mol. The van der Waals surface area contributed by atoms with Crippen molar-refractivity contribution >= 4 is 0 Å². The van der Waals surface area contributed by atoms with E-state index in [2.05, 4.69) is 10.0 Å². The van der Waals surface area contributed by atoms with Gasteiger partial charge in [-0.05, 0) is 5.53 Å². The molecule has 2 aliphatic rings. The minimum Gasteiger partial charge on any atom is -0.355 e. The molecule has 8 heteroatoms. The number of alkyl halides is 1. The molecule has 0 aliphatic carbocycles. The number of rotatable bonds is 3. The molecule has 1 aromatic rings. The summed E-state index contributed by atoms with van der Waals surface area (Å²) >= 11 is 0. The van der Waals surface area contributed by atoms with Crippen molar-refractivity contribution in [2.24, 2.45) is 5.11 Å². The standard InChI is InChI=1S/C14H16FN3O4/c1-19-14-11(17-18-16)10(15)12-9(21-14)7-20-13(22-12)8-5-3-2-4-6-8/h2-6,9-14H,7H2,1H3/t9-,10-,11-,12-,13-,14+/m1/s1. The highest BCUT2D eigenvalue weighted by Crippen LogP contribution is 2.36. The predicted molar refractivity (Wildman–Crippen MR) is 73.5 cm³/mol. The molecule has 0 N–H and O–H groups in total. The fourth-order valence-electron chi connectivity index (χ4n) is 2.70. The van der Waals surface area contributed by atoms with Gasteiger partial charge in [0.1, 0.15) is 24.4 Å². The largest absolute Gasteiger partial charge is 0.355 e. The summed E-state index contributed by atoms with van der Waals surface area (Å²) in [5, 5.41) is 3.44. The van der Waals surface area contributed by atoms with Crippen molar-refractivity contribution < 1.29 is 23.3 Å². The SMILES string of the molecule is CO[C@H]1O[C@@H]2CO[C@@H](c3ccccc3)O[C@H]2[C@H](F)[C@H]1N=[N+]=[N-]. The summed E-state index contributed by atoms with van der Waals surface area (Å²) in [6, 6.07) is 8.16. The molecule has 0 spiro atoms. The Balaban J connectivity index is 1.79. The lowest BCUT2D eigenvalue weighted by atomic mass is 9.97. The topological polar surface area (TPSA) is 85.7 Å². The van der Waals surface area contributed by atoms with Crippen LogP contribution in [0.5, 0.6) is 0 Å². The van der Waals surface area contributed by atoms with E-state index in [9.17, 15) is 4.39 Å². The lowest BCUT2D eigenvalue weighted by molar-refractivity contribution is -0.331. The molecule has 0 unspecified atom stereocenters. The van der Waals surface area contributed by atoms with Crippen LogP contribution in [0.4, 0.5) is 4.39 Å². The monoisotopic (exact) mass is 309 g/mol. The van der Waals surface area contributed by atoms with Gasteiger partial charge < -0.3 is 18.9 Å². The fraction of sp³-hybridized carbons (Fsp3) is 0.571. The van der Waals surface area contributed by atoms with Gasteiger partial charge in [-0.2, -0.15) is 0 Å². The minimum atomic E-state index is -1.53. The zero-order valence-electron chi connectivity index (χ0n) is 11.9. The zero-order chi connectivity index (χ0) is 15.5. The summed E-state index contributed by atoms with van der Waals surface area (Å²) < 4.78 is 36.6. The molecule has 0 amide bonds. The molecule has 7 nitrogen and oxygen atoms in total. The molecule has 2 heterocycles. The first kappa shape index (κ1) is 15.2. The number of azide groups is 1. The van der Waals surface area contributed by atoms with Gasteiger partial charge in [0.25, 0.3) is 0 Å². The van der Waals surface area contributed by atoms with Crippen LogP contribution < -0.4 is 0 Å². The van der Waals surface area contributed by atoms with Crippen molar-refractivity contribution in [1.82, 2.24) is 0 Å². The van der Waals surface area contributed by atoms with Crippen molar-refractivity contribution in [3.8, 4) is 0 Å². The van der Waals surface area contributed by atoms with Crippen LogP contribution in [-0.2, 0) is 18.9 Å². The number of halogens is 1. The number of ether oxygens (including phenoxy) is 4. The molecule has 1 aromatic carbocycles. The van der Waals surface area contributed by atoms with Gasteiger partial charge in [0.2, 0.25) is 0 Å². The van der Waals surface area contributed by atoms with Gasteiger partial charge in [-0.25, -0.2) is 4.39 Å². The summed E-state index contributed by atoms with van der Waals surface area (Å²) in [7, 11) is 1.37. The Labute approximate surface area is 126 Å². The molecule has 0 bridgehead atoms. The second kappa shape index (κ2) is 6.60. The van der Waals surface area contributed by atoms with Gasteiger partial charge in [-0.15, -0.1) is 0 Å². The Kier molecular flexibility index (Phi) is 4.56. The van der Waals surface area contributed by atoms with Crippen LogP contribution in [0.15, 0.2) is 35.4 Å². The number of benzene rings is 1. The zero-order valence-corrected chi connectivity index (χ0v) is 11.9. The van der Waals surface area contributed by atoms with Crippen LogP contribution in [-0.4, -0.2) is 44.4 Å². The van der Waals surface area contributed by atoms with E-state index in [1.165, 1.54) is 7.11 Å². The maximum atomic E-state index is 14.7. The number of hydrogen-bond acceptors (Lipinski definition) is 5. The first-order valence-electron chi connectivity index (χ1n) is 6.93. The molecule has 3 rings (SSSR count). The normalized spacial score (nSPS) is 37.9. The van der Waals surface area contributed by atoms with Gasteiger partial charge in [0.05, 0.1) is 6.61 Å². The van der Waals surface area contributed by atoms with E-state index in [0.717, 1.165) is 5.56 Å². The molecule has 118 valence electrons. The summed E-state index contributed by atoms with van der Waals surface area (Å²) in [5.41, 5.74) is 9.38. The molecular formula is C14H16FN3O4. The molecule has 22 heavy (non-hydrogen) atoms. The molecule has 0 saturated carbocycles. The maximum absolute atomic E-state index is 14.7. The number of fused-ring (bicyclic) bond motifs is 1. The Bertz CT molecular complexity index is 554. The number of hydrogen-bond donors (Lipinski definition) is 0. The van der Waals surface area contributed by atoms with E-state index in [1.807, 2.05) is 30.3 Å². The molecular weight excluding hydrogens is 293 g/mol. The van der Waals surface area contributed by atoms with E-state index >= 15 is 0 Å². The van der Waals surface area contributed by atoms with Crippen molar-refractivity contribution in [3.63, 3.8) is 0 Å². The third-order valence-corrected chi connectivity index (χ3v) is 3.78. The Morgan fingerprint density at radius 3 is 2.77 bits per heavy atom. The minimum absolute atomic E-state index is 0.174. The summed E-state index contributed by atoms with van der Waals surface area (Å²) in [5.74, 6) is 0. The highest BCUT2D eigenvalue weighted by molar-refractivity contribution is 5.16. The third-order valence-electron chi connectivity index (χ3n) is 3.78. The van der Waals surface area contributed by atoms with Gasteiger partial charge in [-0.1, -0.05) is 35.4 Å². The molecule has 6 atom stereocenters. The van der Waals surface area contributed by atoms with E-state index in [1.54, 1.807) is 0 Å². The van der Waals surface area contributed by atoms with Crippen LogP contribution >= 0.6 is 0 Å². The quantitative estimate of drug-likeness (QED) is 0.487. The first-order valence-corrected chi connectivity index (χ1v) is 6.93. The molecule has 2 aliphatic heterocycles. The Morgan fingerprint density at radius 1 is 1.32 bits per heavy atom. The van der Waals surface area contributed by atoms with Gasteiger partial charge in [0, 0.05) is 17.6 Å². The van der Waals surface area contributed by atoms with Crippen LogP contribution in [0.1, 0.15) is 11.9 Å².